The number of thioether (sulfide) groups is 1. The van der Waals surface area contributed by atoms with E-state index in [9.17, 15) is 4.79 Å². The van der Waals surface area contributed by atoms with Gasteiger partial charge < -0.3 is 15.8 Å². The minimum atomic E-state index is -0.716. The van der Waals surface area contributed by atoms with Crippen LogP contribution in [0.5, 0.6) is 0 Å². The minimum Gasteiger partial charge on any atom is -0.381 e. The molecule has 1 aliphatic heterocycles. The molecule has 0 bridgehead atoms. The van der Waals surface area contributed by atoms with Crippen LogP contribution in [0.1, 0.15) is 44.9 Å². The van der Waals surface area contributed by atoms with Crippen molar-refractivity contribution < 1.29 is 9.53 Å². The van der Waals surface area contributed by atoms with Crippen LogP contribution in [-0.2, 0) is 9.53 Å². The molecule has 0 radical (unpaired) electrons. The summed E-state index contributed by atoms with van der Waals surface area (Å²) >= 11 is 1.90. The van der Waals surface area contributed by atoms with E-state index in [-0.39, 0.29) is 10.7 Å². The van der Waals surface area contributed by atoms with Crippen molar-refractivity contribution in [2.24, 2.45) is 5.73 Å². The van der Waals surface area contributed by atoms with E-state index >= 15 is 0 Å². The van der Waals surface area contributed by atoms with Crippen molar-refractivity contribution in [3.05, 3.63) is 0 Å². The highest BCUT2D eigenvalue weighted by Gasteiger charge is 2.38. The van der Waals surface area contributed by atoms with Gasteiger partial charge in [-0.05, 0) is 31.9 Å². The molecule has 1 heterocycles. The number of ether oxygens (including phenoxy) is 1. The van der Waals surface area contributed by atoms with E-state index in [1.54, 1.807) is 0 Å². The first-order chi connectivity index (χ1) is 9.10. The molecule has 0 unspecified atom stereocenters. The Morgan fingerprint density at radius 1 is 1.21 bits per heavy atom. The van der Waals surface area contributed by atoms with Gasteiger partial charge in [0.05, 0.1) is 5.54 Å². The van der Waals surface area contributed by atoms with Crippen LogP contribution in [0.15, 0.2) is 0 Å². The molecule has 110 valence electrons. The lowest BCUT2D eigenvalue weighted by atomic mass is 9.87. The van der Waals surface area contributed by atoms with E-state index in [0.717, 1.165) is 6.54 Å². The summed E-state index contributed by atoms with van der Waals surface area (Å²) in [5.41, 5.74) is 5.49. The predicted molar refractivity (Wildman–Crippen MR) is 79.3 cm³/mol. The van der Waals surface area contributed by atoms with E-state index in [0.29, 0.717) is 26.1 Å². The summed E-state index contributed by atoms with van der Waals surface area (Å²) < 4.78 is 5.52. The predicted octanol–water partition coefficient (Wildman–Crippen LogP) is 1.68. The monoisotopic (exact) mass is 286 g/mol. The van der Waals surface area contributed by atoms with E-state index < -0.39 is 5.54 Å². The molecule has 3 N–H and O–H groups in total. The molecule has 2 rings (SSSR count). The van der Waals surface area contributed by atoms with Crippen molar-refractivity contribution in [1.29, 1.82) is 0 Å². The van der Waals surface area contributed by atoms with Gasteiger partial charge in [0.2, 0.25) is 5.91 Å². The maximum Gasteiger partial charge on any atom is 0.240 e. The summed E-state index contributed by atoms with van der Waals surface area (Å²) in [6, 6.07) is 0. The van der Waals surface area contributed by atoms with Crippen LogP contribution >= 0.6 is 11.8 Å². The highest BCUT2D eigenvalue weighted by Crippen LogP contribution is 2.38. The first-order valence-corrected chi connectivity index (χ1v) is 8.53. The molecule has 0 spiro atoms. The largest absolute Gasteiger partial charge is 0.381 e. The van der Waals surface area contributed by atoms with Crippen molar-refractivity contribution in [3.63, 3.8) is 0 Å². The molecule has 0 aromatic rings. The van der Waals surface area contributed by atoms with Crippen LogP contribution in [0, 0.1) is 0 Å². The Kier molecular flexibility index (Phi) is 5.15. The highest BCUT2D eigenvalue weighted by atomic mass is 32.2. The smallest absolute Gasteiger partial charge is 0.240 e. The van der Waals surface area contributed by atoms with Crippen LogP contribution in [0.2, 0.25) is 0 Å². The molecular weight excluding hydrogens is 260 g/mol. The third-order valence-electron chi connectivity index (χ3n) is 4.61. The average Bonchev–Trinajstić information content (AvgIpc) is 2.46. The summed E-state index contributed by atoms with van der Waals surface area (Å²) in [5, 5.41) is 3.11. The number of amides is 1. The van der Waals surface area contributed by atoms with Gasteiger partial charge in [0, 0.05) is 24.5 Å². The van der Waals surface area contributed by atoms with Crippen molar-refractivity contribution in [3.8, 4) is 0 Å². The first kappa shape index (κ1) is 15.1. The van der Waals surface area contributed by atoms with Crippen LogP contribution in [0.3, 0.4) is 0 Å². The molecule has 0 atom stereocenters. The molecule has 1 amide bonds. The summed E-state index contributed by atoms with van der Waals surface area (Å²) in [6.45, 7) is 1.95. The van der Waals surface area contributed by atoms with Crippen molar-refractivity contribution in [2.45, 2.75) is 55.2 Å². The van der Waals surface area contributed by atoms with Gasteiger partial charge in [-0.25, -0.2) is 0 Å². The standard InChI is InChI=1S/C14H26N2O2S/c1-19-13(5-3-2-4-6-13)11-16-12(17)14(15)7-9-18-10-8-14/h2-11,15H2,1H3,(H,16,17). The van der Waals surface area contributed by atoms with Crippen molar-refractivity contribution >= 4 is 17.7 Å². The molecule has 5 heteroatoms. The van der Waals surface area contributed by atoms with E-state index in [1.165, 1.54) is 32.1 Å². The lowest BCUT2D eigenvalue weighted by molar-refractivity contribution is -0.129. The first-order valence-electron chi connectivity index (χ1n) is 7.30. The van der Waals surface area contributed by atoms with Crippen molar-refractivity contribution in [2.75, 3.05) is 26.0 Å². The van der Waals surface area contributed by atoms with Gasteiger partial charge in [0.1, 0.15) is 0 Å². The fraction of sp³-hybridized carbons (Fsp3) is 0.929. The van der Waals surface area contributed by atoms with Crippen LogP contribution in [-0.4, -0.2) is 42.2 Å². The summed E-state index contributed by atoms with van der Waals surface area (Å²) in [7, 11) is 0. The zero-order chi connectivity index (χ0) is 13.8. The second-order valence-electron chi connectivity index (χ2n) is 5.90. The van der Waals surface area contributed by atoms with Crippen molar-refractivity contribution in [1.82, 2.24) is 5.32 Å². The minimum absolute atomic E-state index is 0.00907. The molecular formula is C14H26N2O2S. The maximum absolute atomic E-state index is 12.3. The zero-order valence-corrected chi connectivity index (χ0v) is 12.7. The quantitative estimate of drug-likeness (QED) is 0.825. The number of hydrogen-bond donors (Lipinski definition) is 2. The van der Waals surface area contributed by atoms with Gasteiger partial charge in [0.15, 0.2) is 0 Å². The topological polar surface area (TPSA) is 64.4 Å². The molecule has 0 aromatic carbocycles. The second kappa shape index (κ2) is 6.46. The molecule has 2 aliphatic rings. The van der Waals surface area contributed by atoms with Gasteiger partial charge in [-0.1, -0.05) is 19.3 Å². The number of hydrogen-bond acceptors (Lipinski definition) is 4. The molecule has 1 saturated heterocycles. The third-order valence-corrected chi connectivity index (χ3v) is 6.02. The second-order valence-corrected chi connectivity index (χ2v) is 7.17. The number of carbonyl (C=O) groups excluding carboxylic acids is 1. The molecule has 1 aliphatic carbocycles. The van der Waals surface area contributed by atoms with Gasteiger partial charge in [-0.15, -0.1) is 0 Å². The van der Waals surface area contributed by atoms with E-state index in [4.69, 9.17) is 10.5 Å². The fourth-order valence-corrected chi connectivity index (χ4v) is 3.94. The molecule has 19 heavy (non-hydrogen) atoms. The Hall–Kier alpha value is -0.260. The van der Waals surface area contributed by atoms with Crippen LogP contribution in [0.4, 0.5) is 0 Å². The average molecular weight is 286 g/mol. The van der Waals surface area contributed by atoms with Gasteiger partial charge in [-0.3, -0.25) is 4.79 Å². The molecule has 4 nitrogen and oxygen atoms in total. The van der Waals surface area contributed by atoms with E-state index in [2.05, 4.69) is 11.6 Å². The van der Waals surface area contributed by atoms with E-state index in [1.807, 2.05) is 11.8 Å². The lowest BCUT2D eigenvalue weighted by Gasteiger charge is -2.38. The number of carbonyl (C=O) groups is 1. The SMILES string of the molecule is CSC1(CNC(=O)C2(N)CCOCC2)CCCCC1. The Balaban J connectivity index is 1.87. The fourth-order valence-electron chi connectivity index (χ4n) is 3.03. The third kappa shape index (κ3) is 3.64. The summed E-state index contributed by atoms with van der Waals surface area (Å²) in [4.78, 5) is 12.3. The molecule has 1 saturated carbocycles. The van der Waals surface area contributed by atoms with Gasteiger partial charge >= 0.3 is 0 Å². The Morgan fingerprint density at radius 2 is 1.84 bits per heavy atom. The van der Waals surface area contributed by atoms with Crippen LogP contribution < -0.4 is 11.1 Å². The van der Waals surface area contributed by atoms with Crippen LogP contribution in [0.25, 0.3) is 0 Å². The maximum atomic E-state index is 12.3. The molecule has 0 aromatic heterocycles. The number of rotatable bonds is 4. The Bertz CT molecular complexity index is 311. The zero-order valence-electron chi connectivity index (χ0n) is 11.9. The highest BCUT2D eigenvalue weighted by molar-refractivity contribution is 8.00. The number of nitrogens with one attached hydrogen (secondary N) is 1. The summed E-state index contributed by atoms with van der Waals surface area (Å²) in [5.74, 6) is 0.00907. The lowest BCUT2D eigenvalue weighted by Crippen LogP contribution is -2.58. The molecule has 2 fully saturated rings. The Labute approximate surface area is 120 Å². The number of nitrogens with two attached hydrogens (primary N) is 1. The normalized spacial score (nSPS) is 25.8. The summed E-state index contributed by atoms with van der Waals surface area (Å²) in [6.07, 6.45) is 9.70. The van der Waals surface area contributed by atoms with Gasteiger partial charge in [-0.2, -0.15) is 11.8 Å². The van der Waals surface area contributed by atoms with Gasteiger partial charge in [0.25, 0.3) is 0 Å². The Morgan fingerprint density at radius 3 is 2.42 bits per heavy atom.